The molecule has 2 fully saturated rings. The fraction of sp³-hybridized carbons (Fsp3) is 0.622. The van der Waals surface area contributed by atoms with E-state index in [2.05, 4.69) is 10.6 Å². The minimum Gasteiger partial charge on any atom is -0.530 e. The lowest BCUT2D eigenvalue weighted by molar-refractivity contribution is -0.273. The zero-order chi connectivity index (χ0) is 37.5. The third-order valence-electron chi connectivity index (χ3n) is 9.79. The maximum atomic E-state index is 14.7. The molecule has 2 saturated heterocycles. The van der Waals surface area contributed by atoms with E-state index in [1.54, 1.807) is 12.1 Å². The molecule has 52 heavy (non-hydrogen) atoms. The third-order valence-corrected chi connectivity index (χ3v) is 11.6. The molecule has 0 unspecified atom stereocenters. The molecule has 0 aliphatic carbocycles. The van der Waals surface area contributed by atoms with Crippen LogP contribution in [0.1, 0.15) is 58.9 Å². The summed E-state index contributed by atoms with van der Waals surface area (Å²) in [6.45, 7) is 8.66. The summed E-state index contributed by atoms with van der Waals surface area (Å²) in [4.78, 5) is 26.0. The van der Waals surface area contributed by atoms with Crippen LogP contribution in [0.3, 0.4) is 0 Å². The van der Waals surface area contributed by atoms with E-state index in [9.17, 15) is 28.2 Å². The molecule has 0 saturated carbocycles. The lowest BCUT2D eigenvalue weighted by Crippen LogP contribution is -2.61. The van der Waals surface area contributed by atoms with Crippen molar-refractivity contribution in [1.82, 2.24) is 19.8 Å². The molecule has 288 valence electrons. The number of sulfonamides is 1. The Kier molecular flexibility index (Phi) is 13.3. The Morgan fingerprint density at radius 1 is 1.02 bits per heavy atom. The maximum absolute atomic E-state index is 14.7. The first kappa shape index (κ1) is 39.6. The Balaban J connectivity index is 1.43. The second kappa shape index (κ2) is 17.5. The number of fused-ring (bicyclic) bond motifs is 2. The molecule has 3 aliphatic rings. The zero-order valence-corrected chi connectivity index (χ0v) is 31.3. The quantitative estimate of drug-likeness (QED) is 0.204. The largest absolute Gasteiger partial charge is 0.530 e. The summed E-state index contributed by atoms with van der Waals surface area (Å²) in [6, 6.07) is 11.9. The van der Waals surface area contributed by atoms with E-state index in [1.165, 1.54) is 10.4 Å². The average molecular weight is 746 g/mol. The Labute approximate surface area is 306 Å². The summed E-state index contributed by atoms with van der Waals surface area (Å²) in [5.41, 5.74) is 0.180. The molecule has 3 aliphatic heterocycles. The molecule has 14 nitrogen and oxygen atoms in total. The lowest BCUT2D eigenvalue weighted by atomic mass is 9.87. The number of hydrogen-bond acceptors (Lipinski definition) is 10. The summed E-state index contributed by atoms with van der Waals surface area (Å²) in [5.74, 6) is 0.159. The van der Waals surface area contributed by atoms with E-state index in [0.29, 0.717) is 44.6 Å². The Hall–Kier alpha value is -3.63. The van der Waals surface area contributed by atoms with E-state index in [1.807, 2.05) is 58.0 Å². The minimum atomic E-state index is -4.34. The van der Waals surface area contributed by atoms with Gasteiger partial charge in [-0.05, 0) is 62.6 Å². The van der Waals surface area contributed by atoms with E-state index < -0.39 is 52.6 Å². The van der Waals surface area contributed by atoms with E-state index in [0.717, 1.165) is 10.5 Å². The van der Waals surface area contributed by atoms with Crippen LogP contribution in [0.4, 0.5) is 9.59 Å². The van der Waals surface area contributed by atoms with Gasteiger partial charge in [-0.1, -0.05) is 56.7 Å². The second-order valence-electron chi connectivity index (χ2n) is 14.8. The van der Waals surface area contributed by atoms with Crippen LogP contribution >= 0.6 is 0 Å². The van der Waals surface area contributed by atoms with Crippen molar-refractivity contribution in [2.24, 2.45) is 11.3 Å². The number of urea groups is 1. The van der Waals surface area contributed by atoms with Crippen molar-refractivity contribution in [2.75, 3.05) is 46.1 Å². The number of aliphatic hydroxyl groups is 1. The molecule has 2 aromatic rings. The fourth-order valence-electron chi connectivity index (χ4n) is 7.29. The van der Waals surface area contributed by atoms with Gasteiger partial charge < -0.3 is 49.5 Å². The highest BCUT2D eigenvalue weighted by atomic mass is 32.2. The number of aliphatic hydroxyl groups excluding tert-OH is 1. The van der Waals surface area contributed by atoms with Crippen molar-refractivity contribution in [3.8, 4) is 11.5 Å². The average Bonchev–Trinajstić information content (AvgIpc) is 3.72. The smallest absolute Gasteiger partial charge is 0.314 e. The van der Waals surface area contributed by atoms with Crippen LogP contribution < -0.4 is 25.2 Å². The number of carboxylic acid groups (broad SMARTS) is 1. The normalized spacial score (nSPS) is 21.1. The van der Waals surface area contributed by atoms with Gasteiger partial charge >= 0.3 is 6.03 Å². The predicted molar refractivity (Wildman–Crippen MR) is 190 cm³/mol. The van der Waals surface area contributed by atoms with E-state index >= 15 is 0 Å². The number of nitrogens with zero attached hydrogens (tertiary/aromatic N) is 2. The molecule has 0 bridgehead atoms. The molecular formula is C37H53N4O10S-. The van der Waals surface area contributed by atoms with Gasteiger partial charge in [-0.25, -0.2) is 13.2 Å². The first-order valence-corrected chi connectivity index (χ1v) is 19.6. The Morgan fingerprint density at radius 3 is 2.50 bits per heavy atom. The van der Waals surface area contributed by atoms with Crippen LogP contribution in [0.2, 0.25) is 0 Å². The van der Waals surface area contributed by atoms with Crippen LogP contribution in [0.15, 0.2) is 53.4 Å². The fourth-order valence-corrected chi connectivity index (χ4v) is 9.08. The molecule has 0 spiro atoms. The van der Waals surface area contributed by atoms with Crippen molar-refractivity contribution in [2.45, 2.75) is 95.2 Å². The van der Waals surface area contributed by atoms with Gasteiger partial charge in [0.25, 0.3) is 0 Å². The number of carbonyl (C=O) groups excluding carboxylic acids is 2. The van der Waals surface area contributed by atoms with Gasteiger partial charge in [0.2, 0.25) is 10.0 Å². The number of rotatable bonds is 17. The van der Waals surface area contributed by atoms with Crippen molar-refractivity contribution >= 4 is 22.1 Å². The first-order valence-electron chi connectivity index (χ1n) is 18.1. The van der Waals surface area contributed by atoms with E-state index in [-0.39, 0.29) is 61.4 Å². The van der Waals surface area contributed by atoms with Gasteiger partial charge in [0, 0.05) is 31.6 Å². The van der Waals surface area contributed by atoms with Crippen molar-refractivity contribution < 1.29 is 47.2 Å². The summed E-state index contributed by atoms with van der Waals surface area (Å²) < 4.78 is 53.6. The minimum absolute atomic E-state index is 0.00659. The van der Waals surface area contributed by atoms with Crippen LogP contribution in [0.5, 0.6) is 11.5 Å². The number of unbranched alkanes of at least 4 members (excludes halogenated alkanes) is 1. The number of amides is 3. The van der Waals surface area contributed by atoms with Crippen LogP contribution in [-0.2, 0) is 25.9 Å². The van der Waals surface area contributed by atoms with E-state index in [4.69, 9.17) is 18.9 Å². The molecule has 3 heterocycles. The predicted octanol–water partition coefficient (Wildman–Crippen LogP) is 2.73. The Bertz CT molecular complexity index is 1610. The maximum Gasteiger partial charge on any atom is 0.314 e. The molecule has 0 aromatic heterocycles. The molecular weight excluding hydrogens is 692 g/mol. The van der Waals surface area contributed by atoms with Crippen molar-refractivity contribution in [1.29, 1.82) is 0 Å². The van der Waals surface area contributed by atoms with Gasteiger partial charge in [0.15, 0.2) is 17.8 Å². The van der Waals surface area contributed by atoms with Gasteiger partial charge in [-0.2, -0.15) is 4.31 Å². The number of benzene rings is 2. The molecule has 15 heteroatoms. The third kappa shape index (κ3) is 9.86. The molecule has 5 atom stereocenters. The number of para-hydroxylation sites is 1. The first-order chi connectivity index (χ1) is 24.8. The van der Waals surface area contributed by atoms with Gasteiger partial charge in [-0.15, -0.1) is 0 Å². The number of nitrogens with one attached hydrogen (secondary N) is 2. The Morgan fingerprint density at radius 2 is 1.77 bits per heavy atom. The number of ether oxygens (including phenoxy) is 4. The van der Waals surface area contributed by atoms with Gasteiger partial charge in [-0.3, -0.25) is 0 Å². The topological polar surface area (TPSA) is 179 Å². The molecule has 3 amide bonds. The van der Waals surface area contributed by atoms with Crippen LogP contribution in [0.25, 0.3) is 0 Å². The highest BCUT2D eigenvalue weighted by molar-refractivity contribution is 7.89. The monoisotopic (exact) mass is 745 g/mol. The number of carbonyl (C=O) groups is 2. The molecule has 5 rings (SSSR count). The van der Waals surface area contributed by atoms with Gasteiger partial charge in [0.1, 0.15) is 24.2 Å². The lowest BCUT2D eigenvalue weighted by Gasteiger charge is -2.43. The van der Waals surface area contributed by atoms with Crippen LogP contribution in [-0.4, -0.2) is 111 Å². The van der Waals surface area contributed by atoms with Crippen molar-refractivity contribution in [3.63, 3.8) is 0 Å². The second-order valence-corrected chi connectivity index (χ2v) is 16.8. The van der Waals surface area contributed by atoms with Crippen LogP contribution in [0, 0.1) is 11.3 Å². The zero-order valence-electron chi connectivity index (χ0n) is 30.5. The standard InChI is InChI=1S/C37H54N4O10S/c1-25(2)39-35(43)38-17-9-8-16-37(3,4)24-40(52(46,47)32-14-10-13-31-33(32)49-20-19-48-31)22-30(42)28(21-26-11-6-5-7-12-26)41(36(44)45)29-23-51-34-27(29)15-18-50-34/h5-7,10-14,25,27-30,34,42H,8-9,15-24H2,1-4H3,(H,44,45)(H2,38,39,43)/p-1/t27-,28-,29-,30+,34+/m0/s1. The molecule has 0 radical (unpaired) electrons. The summed E-state index contributed by atoms with van der Waals surface area (Å²) in [6.07, 6.45) is -0.819. The van der Waals surface area contributed by atoms with Gasteiger partial charge in [0.05, 0.1) is 31.4 Å². The SMILES string of the molecule is CC(C)NC(=O)NCCCCC(C)(C)CN(C[C@@H](O)[C@H](Cc1ccccc1)N(C(=O)[O-])[C@H]1CO[C@H]2OCC[C@H]21)S(=O)(=O)c1cccc2c1OCCO2. The summed E-state index contributed by atoms with van der Waals surface area (Å²) >= 11 is 0. The summed E-state index contributed by atoms with van der Waals surface area (Å²) in [7, 11) is -4.34. The highest BCUT2D eigenvalue weighted by Crippen LogP contribution is 2.40. The van der Waals surface area contributed by atoms with Crippen molar-refractivity contribution in [3.05, 3.63) is 54.1 Å². The highest BCUT2D eigenvalue weighted by Gasteiger charge is 2.48. The number of hydrogen-bond donors (Lipinski definition) is 3. The molecule has 3 N–H and O–H groups in total. The molecule has 2 aromatic carbocycles. The summed E-state index contributed by atoms with van der Waals surface area (Å²) in [5, 5.41) is 30.8.